The van der Waals surface area contributed by atoms with E-state index in [0.29, 0.717) is 12.3 Å². The summed E-state index contributed by atoms with van der Waals surface area (Å²) >= 11 is 0. The molecule has 1 rings (SSSR count). The highest BCUT2D eigenvalue weighted by molar-refractivity contribution is 7.91. The van der Waals surface area contributed by atoms with E-state index in [2.05, 4.69) is 5.32 Å². The van der Waals surface area contributed by atoms with Crippen molar-refractivity contribution in [1.82, 2.24) is 5.32 Å². The predicted molar refractivity (Wildman–Crippen MR) is 69.6 cm³/mol. The van der Waals surface area contributed by atoms with E-state index in [4.69, 9.17) is 4.74 Å². The number of nitrogens with one attached hydrogen (secondary N) is 1. The van der Waals surface area contributed by atoms with Gasteiger partial charge < -0.3 is 15.2 Å². The summed E-state index contributed by atoms with van der Waals surface area (Å²) in [4.78, 5) is 0.114. The average molecular weight is 273 g/mol. The molecule has 0 heterocycles. The number of rotatable bonds is 7. The Morgan fingerprint density at radius 3 is 2.67 bits per heavy atom. The quantitative estimate of drug-likeness (QED) is 0.754. The van der Waals surface area contributed by atoms with E-state index >= 15 is 0 Å². The van der Waals surface area contributed by atoms with Crippen LogP contribution in [0.25, 0.3) is 0 Å². The van der Waals surface area contributed by atoms with Gasteiger partial charge in [-0.25, -0.2) is 8.42 Å². The van der Waals surface area contributed by atoms with E-state index in [1.807, 2.05) is 6.92 Å². The van der Waals surface area contributed by atoms with Crippen LogP contribution < -0.4 is 10.1 Å². The van der Waals surface area contributed by atoms with Crippen molar-refractivity contribution in [2.45, 2.75) is 17.9 Å². The van der Waals surface area contributed by atoms with Gasteiger partial charge in [-0.1, -0.05) is 19.1 Å². The number of likely N-dealkylation sites (N-methyl/N-ethyl adjacent to an activating group) is 1. The van der Waals surface area contributed by atoms with Crippen LogP contribution >= 0.6 is 0 Å². The molecule has 18 heavy (non-hydrogen) atoms. The van der Waals surface area contributed by atoms with Crippen molar-refractivity contribution in [2.24, 2.45) is 0 Å². The Kier molecular flexibility index (Phi) is 5.58. The van der Waals surface area contributed by atoms with Crippen LogP contribution in [0.4, 0.5) is 0 Å². The van der Waals surface area contributed by atoms with E-state index < -0.39 is 15.9 Å². The average Bonchev–Trinajstić information content (AvgIpc) is 2.35. The maximum atomic E-state index is 12.1. The van der Waals surface area contributed by atoms with Crippen LogP contribution in [0.1, 0.15) is 6.92 Å². The molecule has 1 aromatic rings. The van der Waals surface area contributed by atoms with Crippen LogP contribution in [0.5, 0.6) is 5.75 Å². The van der Waals surface area contributed by atoms with Crippen LogP contribution in [0.15, 0.2) is 29.2 Å². The molecule has 0 spiro atoms. The summed E-state index contributed by atoms with van der Waals surface area (Å²) < 4.78 is 29.3. The number of methoxy groups -OCH3 is 1. The molecule has 102 valence electrons. The third kappa shape index (κ3) is 3.97. The lowest BCUT2D eigenvalue weighted by Gasteiger charge is -2.13. The van der Waals surface area contributed by atoms with Crippen molar-refractivity contribution in [3.63, 3.8) is 0 Å². The first kappa shape index (κ1) is 14.9. The molecule has 0 aliphatic carbocycles. The fraction of sp³-hybridized carbons (Fsp3) is 0.500. The number of hydrogen-bond donors (Lipinski definition) is 2. The molecule has 0 aliphatic heterocycles. The standard InChI is InChI=1S/C12H19NO4S/c1-3-13-8-10(14)9-18(15,16)12-7-5-4-6-11(12)17-2/h4-7,10,13-14H,3,8-9H2,1-2H3. The number of ether oxygens (including phenoxy) is 1. The molecule has 0 saturated heterocycles. The molecule has 1 unspecified atom stereocenters. The second-order valence-electron chi connectivity index (χ2n) is 3.89. The maximum absolute atomic E-state index is 12.1. The second kappa shape index (κ2) is 6.72. The Labute approximate surface area is 108 Å². The number of sulfone groups is 1. The summed E-state index contributed by atoms with van der Waals surface area (Å²) in [5, 5.41) is 12.6. The van der Waals surface area contributed by atoms with Crippen molar-refractivity contribution in [1.29, 1.82) is 0 Å². The summed E-state index contributed by atoms with van der Waals surface area (Å²) in [5.74, 6) is -0.0199. The fourth-order valence-electron chi connectivity index (χ4n) is 1.59. The number of benzene rings is 1. The van der Waals surface area contributed by atoms with Gasteiger partial charge in [-0.15, -0.1) is 0 Å². The Hall–Kier alpha value is -1.11. The third-order valence-electron chi connectivity index (χ3n) is 2.45. The third-order valence-corrected chi connectivity index (χ3v) is 4.28. The van der Waals surface area contributed by atoms with Crippen molar-refractivity contribution >= 4 is 9.84 Å². The Balaban J connectivity index is 2.86. The van der Waals surface area contributed by atoms with E-state index in [1.165, 1.54) is 13.2 Å². The number of hydrogen-bond acceptors (Lipinski definition) is 5. The lowest BCUT2D eigenvalue weighted by atomic mass is 10.3. The molecule has 0 aromatic heterocycles. The molecule has 6 heteroatoms. The minimum atomic E-state index is -3.55. The molecule has 1 atom stereocenters. The minimum absolute atomic E-state index is 0.114. The molecular weight excluding hydrogens is 254 g/mol. The van der Waals surface area contributed by atoms with Crippen LogP contribution in [0, 0.1) is 0 Å². The van der Waals surface area contributed by atoms with Gasteiger partial charge in [-0.3, -0.25) is 0 Å². The predicted octanol–water partition coefficient (Wildman–Crippen LogP) is 0.439. The van der Waals surface area contributed by atoms with Gasteiger partial charge in [0.15, 0.2) is 9.84 Å². The van der Waals surface area contributed by atoms with Crippen LogP contribution in [-0.2, 0) is 9.84 Å². The smallest absolute Gasteiger partial charge is 0.184 e. The van der Waals surface area contributed by atoms with E-state index in [0.717, 1.165) is 0 Å². The minimum Gasteiger partial charge on any atom is -0.495 e. The van der Waals surface area contributed by atoms with Crippen molar-refractivity contribution in [3.8, 4) is 5.75 Å². The summed E-state index contributed by atoms with van der Waals surface area (Å²) in [7, 11) is -2.13. The topological polar surface area (TPSA) is 75.6 Å². The first-order valence-electron chi connectivity index (χ1n) is 5.75. The van der Waals surface area contributed by atoms with Crippen LogP contribution in [0.3, 0.4) is 0 Å². The molecule has 0 radical (unpaired) electrons. The highest BCUT2D eigenvalue weighted by Crippen LogP contribution is 2.24. The molecular formula is C12H19NO4S. The summed E-state index contributed by atoms with van der Waals surface area (Å²) in [5.41, 5.74) is 0. The Morgan fingerprint density at radius 1 is 1.39 bits per heavy atom. The van der Waals surface area contributed by atoms with Gasteiger partial charge in [0.25, 0.3) is 0 Å². The molecule has 1 aromatic carbocycles. The second-order valence-corrected chi connectivity index (χ2v) is 5.90. The summed E-state index contributed by atoms with van der Waals surface area (Å²) in [6.07, 6.45) is -0.931. The van der Waals surface area contributed by atoms with E-state index in [1.54, 1.807) is 18.2 Å². The van der Waals surface area contributed by atoms with Gasteiger partial charge >= 0.3 is 0 Å². The first-order chi connectivity index (χ1) is 8.51. The van der Waals surface area contributed by atoms with Gasteiger partial charge in [0, 0.05) is 6.54 Å². The Bertz CT molecular complexity index is 473. The van der Waals surface area contributed by atoms with Gasteiger partial charge in [0.1, 0.15) is 10.6 Å². The zero-order chi connectivity index (χ0) is 13.6. The molecule has 0 saturated carbocycles. The molecule has 0 aliphatic rings. The number of aliphatic hydroxyl groups excluding tert-OH is 1. The highest BCUT2D eigenvalue weighted by Gasteiger charge is 2.22. The van der Waals surface area contributed by atoms with Gasteiger partial charge in [0.2, 0.25) is 0 Å². The zero-order valence-corrected chi connectivity index (χ0v) is 11.4. The molecule has 0 bridgehead atoms. The van der Waals surface area contributed by atoms with Gasteiger partial charge in [-0.05, 0) is 18.7 Å². The Morgan fingerprint density at radius 2 is 2.06 bits per heavy atom. The highest BCUT2D eigenvalue weighted by atomic mass is 32.2. The molecule has 0 amide bonds. The lowest BCUT2D eigenvalue weighted by Crippen LogP contribution is -2.32. The van der Waals surface area contributed by atoms with Crippen LogP contribution in [0.2, 0.25) is 0 Å². The van der Waals surface area contributed by atoms with Gasteiger partial charge in [0.05, 0.1) is 19.0 Å². The SMILES string of the molecule is CCNCC(O)CS(=O)(=O)c1ccccc1OC. The number of para-hydroxylation sites is 1. The van der Waals surface area contributed by atoms with Crippen molar-refractivity contribution < 1.29 is 18.3 Å². The molecule has 2 N–H and O–H groups in total. The summed E-state index contributed by atoms with van der Waals surface area (Å²) in [6.45, 7) is 2.83. The monoisotopic (exact) mass is 273 g/mol. The first-order valence-corrected chi connectivity index (χ1v) is 7.41. The fourth-order valence-corrected chi connectivity index (χ4v) is 3.14. The lowest BCUT2D eigenvalue weighted by molar-refractivity contribution is 0.194. The van der Waals surface area contributed by atoms with Gasteiger partial charge in [-0.2, -0.15) is 0 Å². The normalized spacial score (nSPS) is 13.3. The largest absolute Gasteiger partial charge is 0.495 e. The maximum Gasteiger partial charge on any atom is 0.184 e. The molecule has 0 fully saturated rings. The van der Waals surface area contributed by atoms with E-state index in [-0.39, 0.29) is 17.2 Å². The van der Waals surface area contributed by atoms with E-state index in [9.17, 15) is 13.5 Å². The van der Waals surface area contributed by atoms with Crippen molar-refractivity contribution in [2.75, 3.05) is 26.0 Å². The summed E-state index contributed by atoms with van der Waals surface area (Å²) in [6, 6.07) is 6.40. The number of aliphatic hydroxyl groups is 1. The molecule has 5 nitrogen and oxygen atoms in total. The van der Waals surface area contributed by atoms with Crippen molar-refractivity contribution in [3.05, 3.63) is 24.3 Å². The zero-order valence-electron chi connectivity index (χ0n) is 10.6. The van der Waals surface area contributed by atoms with Crippen LogP contribution in [-0.4, -0.2) is 45.6 Å².